The minimum Gasteiger partial charge on any atom is -0.493 e. The zero-order valence-corrected chi connectivity index (χ0v) is 11.1. The maximum atomic E-state index is 12.0. The molecule has 2 aromatic rings. The summed E-state index contributed by atoms with van der Waals surface area (Å²) in [4.78, 5) is 18.6. The first-order chi connectivity index (χ1) is 9.02. The van der Waals surface area contributed by atoms with E-state index in [9.17, 15) is 9.90 Å². The number of nitrogens with zero attached hydrogens (tertiary/aromatic N) is 1. The lowest BCUT2D eigenvalue weighted by Gasteiger charge is -2.10. The van der Waals surface area contributed by atoms with Gasteiger partial charge in [-0.05, 0) is 24.1 Å². The van der Waals surface area contributed by atoms with E-state index in [0.29, 0.717) is 17.0 Å². The topological polar surface area (TPSA) is 92.0 Å². The molecule has 5 nitrogen and oxygen atoms in total. The minimum absolute atomic E-state index is 0.0922. The van der Waals surface area contributed by atoms with Gasteiger partial charge >= 0.3 is 0 Å². The smallest absolute Gasteiger partial charge is 0.262 e. The van der Waals surface area contributed by atoms with Gasteiger partial charge in [-0.15, -0.1) is 0 Å². The lowest BCUT2D eigenvalue weighted by atomic mass is 10.1. The van der Waals surface area contributed by atoms with E-state index in [2.05, 4.69) is 9.97 Å². The van der Waals surface area contributed by atoms with E-state index in [1.165, 1.54) is 0 Å². The summed E-state index contributed by atoms with van der Waals surface area (Å²) < 4.78 is 0. The van der Waals surface area contributed by atoms with Crippen molar-refractivity contribution in [2.24, 2.45) is 5.73 Å². The maximum Gasteiger partial charge on any atom is 0.262 e. The number of nitrogens with one attached hydrogen (secondary N) is 1. The van der Waals surface area contributed by atoms with Crippen molar-refractivity contribution in [2.75, 3.05) is 0 Å². The molecule has 1 unspecified atom stereocenters. The predicted molar refractivity (Wildman–Crippen MR) is 74.2 cm³/mol. The van der Waals surface area contributed by atoms with Gasteiger partial charge in [0.1, 0.15) is 11.4 Å². The predicted octanol–water partition coefficient (Wildman–Crippen LogP) is 2.21. The number of nitrogens with two attached hydrogens (primary N) is 1. The molecule has 19 heavy (non-hydrogen) atoms. The van der Waals surface area contributed by atoms with Crippen LogP contribution in [0.3, 0.4) is 0 Å². The Balaban J connectivity index is 2.57. The summed E-state index contributed by atoms with van der Waals surface area (Å²) in [5.41, 5.74) is 5.95. The Hall–Kier alpha value is -1.85. The SMILES string of the molecule is CCC(N)c1nc(O)c(-c2cccc(Cl)c2)c(=O)[nH]1. The molecule has 0 saturated carbocycles. The number of aromatic nitrogens is 2. The summed E-state index contributed by atoms with van der Waals surface area (Å²) in [6.07, 6.45) is 0.610. The number of halogens is 1. The summed E-state index contributed by atoms with van der Waals surface area (Å²) in [5, 5.41) is 10.4. The first-order valence-electron chi connectivity index (χ1n) is 5.87. The summed E-state index contributed by atoms with van der Waals surface area (Å²) in [5.74, 6) is -0.0688. The van der Waals surface area contributed by atoms with E-state index >= 15 is 0 Å². The van der Waals surface area contributed by atoms with Crippen molar-refractivity contribution in [3.05, 3.63) is 45.5 Å². The fourth-order valence-electron chi connectivity index (χ4n) is 1.75. The molecule has 0 spiro atoms. The molecule has 0 bridgehead atoms. The van der Waals surface area contributed by atoms with Crippen molar-refractivity contribution < 1.29 is 5.11 Å². The second kappa shape index (κ2) is 5.42. The summed E-state index contributed by atoms with van der Waals surface area (Å²) >= 11 is 5.87. The van der Waals surface area contributed by atoms with Crippen LogP contribution < -0.4 is 11.3 Å². The molecule has 0 aliphatic rings. The van der Waals surface area contributed by atoms with Gasteiger partial charge in [-0.25, -0.2) is 0 Å². The highest BCUT2D eigenvalue weighted by molar-refractivity contribution is 6.30. The van der Waals surface area contributed by atoms with Gasteiger partial charge in [0.05, 0.1) is 6.04 Å². The Morgan fingerprint density at radius 1 is 1.53 bits per heavy atom. The zero-order chi connectivity index (χ0) is 14.0. The Bertz CT molecular complexity index is 655. The zero-order valence-electron chi connectivity index (χ0n) is 10.4. The number of rotatable bonds is 3. The molecular formula is C13H14ClN3O2. The molecule has 6 heteroatoms. The average molecular weight is 280 g/mol. The van der Waals surface area contributed by atoms with E-state index < -0.39 is 11.6 Å². The third kappa shape index (κ3) is 2.77. The van der Waals surface area contributed by atoms with Gasteiger partial charge in [0.2, 0.25) is 5.88 Å². The average Bonchev–Trinajstić information content (AvgIpc) is 2.37. The molecule has 4 N–H and O–H groups in total. The van der Waals surface area contributed by atoms with Crippen LogP contribution in [0.4, 0.5) is 0 Å². The van der Waals surface area contributed by atoms with Crippen molar-refractivity contribution in [3.63, 3.8) is 0 Å². The Morgan fingerprint density at radius 2 is 2.26 bits per heavy atom. The molecule has 1 heterocycles. The molecule has 0 saturated heterocycles. The summed E-state index contributed by atoms with van der Waals surface area (Å²) in [6, 6.07) is 6.24. The van der Waals surface area contributed by atoms with Crippen LogP contribution in [0.5, 0.6) is 5.88 Å². The molecule has 0 fully saturated rings. The number of hydrogen-bond donors (Lipinski definition) is 3. The minimum atomic E-state index is -0.436. The molecule has 0 radical (unpaired) electrons. The van der Waals surface area contributed by atoms with Crippen molar-refractivity contribution in [2.45, 2.75) is 19.4 Å². The number of hydrogen-bond acceptors (Lipinski definition) is 4. The van der Waals surface area contributed by atoms with E-state index in [1.54, 1.807) is 24.3 Å². The van der Waals surface area contributed by atoms with Crippen LogP contribution in [-0.4, -0.2) is 15.1 Å². The fraction of sp³-hybridized carbons (Fsp3) is 0.231. The highest BCUT2D eigenvalue weighted by Gasteiger charge is 2.15. The van der Waals surface area contributed by atoms with E-state index in [0.717, 1.165) is 0 Å². The highest BCUT2D eigenvalue weighted by Crippen LogP contribution is 2.26. The van der Waals surface area contributed by atoms with Gasteiger partial charge in [0.15, 0.2) is 0 Å². The quantitative estimate of drug-likeness (QED) is 0.803. The molecular weight excluding hydrogens is 266 g/mol. The first kappa shape index (κ1) is 13.6. The number of aromatic hydroxyl groups is 1. The third-order valence-corrected chi connectivity index (χ3v) is 3.06. The molecule has 0 aliphatic heterocycles. The Kier molecular flexibility index (Phi) is 3.87. The van der Waals surface area contributed by atoms with Gasteiger partial charge in [0, 0.05) is 5.02 Å². The standard InChI is InChI=1S/C13H14ClN3O2/c1-2-9(15)11-16-12(18)10(13(19)17-11)7-4-3-5-8(14)6-7/h3-6,9H,2,15H2,1H3,(H2,16,17,18,19). The Morgan fingerprint density at radius 3 is 2.84 bits per heavy atom. The summed E-state index contributed by atoms with van der Waals surface area (Å²) in [6.45, 7) is 1.87. The van der Waals surface area contributed by atoms with Crippen molar-refractivity contribution >= 4 is 11.6 Å². The highest BCUT2D eigenvalue weighted by atomic mass is 35.5. The van der Waals surface area contributed by atoms with Crippen LogP contribution in [0.15, 0.2) is 29.1 Å². The normalized spacial score (nSPS) is 12.4. The first-order valence-corrected chi connectivity index (χ1v) is 6.25. The van der Waals surface area contributed by atoms with Crippen LogP contribution in [0.25, 0.3) is 11.1 Å². The third-order valence-electron chi connectivity index (χ3n) is 2.82. The monoisotopic (exact) mass is 279 g/mol. The molecule has 0 amide bonds. The number of benzene rings is 1. The molecule has 0 aliphatic carbocycles. The van der Waals surface area contributed by atoms with Crippen LogP contribution in [-0.2, 0) is 0 Å². The molecule has 2 rings (SSSR count). The maximum absolute atomic E-state index is 12.0. The second-order valence-electron chi connectivity index (χ2n) is 4.17. The van der Waals surface area contributed by atoms with Gasteiger partial charge < -0.3 is 15.8 Å². The number of aromatic amines is 1. The van der Waals surface area contributed by atoms with Crippen LogP contribution in [0.2, 0.25) is 5.02 Å². The lowest BCUT2D eigenvalue weighted by Crippen LogP contribution is -2.20. The van der Waals surface area contributed by atoms with Crippen LogP contribution >= 0.6 is 11.6 Å². The van der Waals surface area contributed by atoms with Crippen LogP contribution in [0.1, 0.15) is 25.2 Å². The van der Waals surface area contributed by atoms with Gasteiger partial charge in [-0.3, -0.25) is 4.79 Å². The largest absolute Gasteiger partial charge is 0.493 e. The Labute approximate surface area is 115 Å². The van der Waals surface area contributed by atoms with Crippen molar-refractivity contribution in [3.8, 4) is 17.0 Å². The molecule has 100 valence electrons. The molecule has 1 aromatic carbocycles. The lowest BCUT2D eigenvalue weighted by molar-refractivity contribution is 0.446. The van der Waals surface area contributed by atoms with Crippen molar-refractivity contribution in [1.82, 2.24) is 9.97 Å². The second-order valence-corrected chi connectivity index (χ2v) is 4.61. The van der Waals surface area contributed by atoms with E-state index in [4.69, 9.17) is 17.3 Å². The van der Waals surface area contributed by atoms with Crippen LogP contribution in [0, 0.1) is 0 Å². The van der Waals surface area contributed by atoms with E-state index in [-0.39, 0.29) is 17.3 Å². The van der Waals surface area contributed by atoms with Gasteiger partial charge in [0.25, 0.3) is 5.56 Å². The summed E-state index contributed by atoms with van der Waals surface area (Å²) in [7, 11) is 0. The van der Waals surface area contributed by atoms with E-state index in [1.807, 2.05) is 6.92 Å². The molecule has 1 aromatic heterocycles. The van der Waals surface area contributed by atoms with Gasteiger partial charge in [-0.1, -0.05) is 30.7 Å². The van der Waals surface area contributed by atoms with Crippen molar-refractivity contribution in [1.29, 1.82) is 0 Å². The van der Waals surface area contributed by atoms with Gasteiger partial charge in [-0.2, -0.15) is 4.98 Å². The number of H-pyrrole nitrogens is 1. The molecule has 1 atom stereocenters. The fourth-order valence-corrected chi connectivity index (χ4v) is 1.94.